The molecule has 0 radical (unpaired) electrons. The van der Waals surface area contributed by atoms with Crippen LogP contribution in [0.1, 0.15) is 28.0 Å². The quantitative estimate of drug-likeness (QED) is 0.557. The summed E-state index contributed by atoms with van der Waals surface area (Å²) >= 11 is 6.17. The Balaban J connectivity index is 1.49. The predicted octanol–water partition coefficient (Wildman–Crippen LogP) is 4.71. The van der Waals surface area contributed by atoms with Gasteiger partial charge in [0.15, 0.2) is 0 Å². The van der Waals surface area contributed by atoms with Crippen molar-refractivity contribution in [1.29, 1.82) is 0 Å². The van der Waals surface area contributed by atoms with Gasteiger partial charge in [0.25, 0.3) is 5.91 Å². The van der Waals surface area contributed by atoms with Gasteiger partial charge in [0.1, 0.15) is 5.69 Å². The lowest BCUT2D eigenvalue weighted by atomic mass is 10.1. The average molecular weight is 380 g/mol. The van der Waals surface area contributed by atoms with E-state index in [1.54, 1.807) is 12.3 Å². The van der Waals surface area contributed by atoms with E-state index >= 15 is 0 Å². The lowest BCUT2D eigenvalue weighted by Crippen LogP contribution is -2.25. The summed E-state index contributed by atoms with van der Waals surface area (Å²) in [6.07, 6.45) is 3.46. The van der Waals surface area contributed by atoms with Gasteiger partial charge in [0, 0.05) is 30.0 Å². The largest absolute Gasteiger partial charge is 0.381 e. The third kappa shape index (κ3) is 5.83. The highest BCUT2D eigenvalue weighted by molar-refractivity contribution is 6.31. The van der Waals surface area contributed by atoms with Gasteiger partial charge in [-0.2, -0.15) is 0 Å². The number of nitrogens with zero attached hydrogens (tertiary/aromatic N) is 1. The zero-order chi connectivity index (χ0) is 18.9. The fourth-order valence-electron chi connectivity index (χ4n) is 2.73. The molecular formula is C22H22ClN3O. The van der Waals surface area contributed by atoms with Crippen molar-refractivity contribution in [2.24, 2.45) is 0 Å². The molecule has 0 aliphatic heterocycles. The number of carbonyl (C=O) groups excluding carboxylic acids is 1. The standard InChI is InChI=1S/C22H22ClN3O/c23-20-11-5-4-10-18(20)16-26-19-12-14-24-21(15-19)22(27)25-13-6-9-17-7-2-1-3-8-17/h1-5,7-8,10-12,14-15H,6,9,13,16H2,(H,24,26)(H,25,27). The van der Waals surface area contributed by atoms with Gasteiger partial charge in [-0.25, -0.2) is 0 Å². The Labute approximate surface area is 164 Å². The first kappa shape index (κ1) is 18.9. The molecule has 1 amide bonds. The van der Waals surface area contributed by atoms with Gasteiger partial charge in [0.2, 0.25) is 0 Å². The number of benzene rings is 2. The molecule has 0 fully saturated rings. The van der Waals surface area contributed by atoms with Crippen LogP contribution >= 0.6 is 11.6 Å². The van der Waals surface area contributed by atoms with Crippen LogP contribution in [0.3, 0.4) is 0 Å². The summed E-state index contributed by atoms with van der Waals surface area (Å²) in [5.74, 6) is -0.163. The monoisotopic (exact) mass is 379 g/mol. The van der Waals surface area contributed by atoms with Crippen LogP contribution in [0.5, 0.6) is 0 Å². The maximum atomic E-state index is 12.3. The van der Waals surface area contributed by atoms with Gasteiger partial charge in [-0.3, -0.25) is 9.78 Å². The predicted molar refractivity (Wildman–Crippen MR) is 110 cm³/mol. The van der Waals surface area contributed by atoms with Crippen molar-refractivity contribution in [3.63, 3.8) is 0 Å². The molecule has 5 heteroatoms. The molecule has 4 nitrogen and oxygen atoms in total. The van der Waals surface area contributed by atoms with Gasteiger partial charge in [0.05, 0.1) is 0 Å². The highest BCUT2D eigenvalue weighted by Crippen LogP contribution is 2.17. The number of aryl methyl sites for hydroxylation is 1. The fourth-order valence-corrected chi connectivity index (χ4v) is 2.94. The molecule has 0 aliphatic rings. The Hall–Kier alpha value is -2.85. The molecule has 2 N–H and O–H groups in total. The minimum atomic E-state index is -0.163. The first-order valence-electron chi connectivity index (χ1n) is 8.98. The second-order valence-corrected chi connectivity index (χ2v) is 6.63. The number of aromatic nitrogens is 1. The summed E-state index contributed by atoms with van der Waals surface area (Å²) in [4.78, 5) is 16.5. The van der Waals surface area contributed by atoms with E-state index in [9.17, 15) is 4.79 Å². The smallest absolute Gasteiger partial charge is 0.269 e. The third-order valence-electron chi connectivity index (χ3n) is 4.20. The van der Waals surface area contributed by atoms with Crippen LogP contribution in [0, 0.1) is 0 Å². The molecule has 3 aromatic rings. The zero-order valence-corrected chi connectivity index (χ0v) is 15.7. The van der Waals surface area contributed by atoms with Crippen molar-refractivity contribution in [1.82, 2.24) is 10.3 Å². The fraction of sp³-hybridized carbons (Fsp3) is 0.182. The Bertz CT molecular complexity index is 883. The van der Waals surface area contributed by atoms with Crippen LogP contribution in [-0.4, -0.2) is 17.4 Å². The molecule has 0 unspecified atom stereocenters. The van der Waals surface area contributed by atoms with Crippen LogP contribution in [0.4, 0.5) is 5.69 Å². The molecule has 1 heterocycles. The highest BCUT2D eigenvalue weighted by Gasteiger charge is 2.08. The molecule has 0 saturated heterocycles. The maximum Gasteiger partial charge on any atom is 0.269 e. The molecule has 2 aromatic carbocycles. The van der Waals surface area contributed by atoms with E-state index in [1.165, 1.54) is 5.56 Å². The molecule has 0 aliphatic carbocycles. The summed E-state index contributed by atoms with van der Waals surface area (Å²) in [6.45, 7) is 1.20. The van der Waals surface area contributed by atoms with Crippen molar-refractivity contribution < 1.29 is 4.79 Å². The lowest BCUT2D eigenvalue weighted by Gasteiger charge is -2.09. The van der Waals surface area contributed by atoms with Gasteiger partial charge in [-0.15, -0.1) is 0 Å². The first-order chi connectivity index (χ1) is 13.2. The van der Waals surface area contributed by atoms with Crippen LogP contribution in [0.2, 0.25) is 5.02 Å². The summed E-state index contributed by atoms with van der Waals surface area (Å²) < 4.78 is 0. The summed E-state index contributed by atoms with van der Waals surface area (Å²) in [5.41, 5.74) is 3.51. The molecular weight excluding hydrogens is 358 g/mol. The number of carbonyl (C=O) groups is 1. The van der Waals surface area contributed by atoms with Crippen molar-refractivity contribution in [3.05, 3.63) is 94.8 Å². The normalized spacial score (nSPS) is 10.4. The maximum absolute atomic E-state index is 12.3. The molecule has 0 spiro atoms. The summed E-state index contributed by atoms with van der Waals surface area (Å²) in [5, 5.41) is 6.93. The third-order valence-corrected chi connectivity index (χ3v) is 4.57. The van der Waals surface area contributed by atoms with Gasteiger partial charge < -0.3 is 10.6 Å². The second-order valence-electron chi connectivity index (χ2n) is 6.22. The number of anilines is 1. The molecule has 138 valence electrons. The minimum Gasteiger partial charge on any atom is -0.381 e. The van der Waals surface area contributed by atoms with Crippen molar-refractivity contribution >= 4 is 23.2 Å². The van der Waals surface area contributed by atoms with E-state index in [-0.39, 0.29) is 5.91 Å². The van der Waals surface area contributed by atoms with E-state index in [2.05, 4.69) is 27.8 Å². The Kier molecular flexibility index (Phi) is 6.83. The SMILES string of the molecule is O=C(NCCCc1ccccc1)c1cc(NCc2ccccc2Cl)ccn1. The van der Waals surface area contributed by atoms with Crippen molar-refractivity contribution in [2.45, 2.75) is 19.4 Å². The van der Waals surface area contributed by atoms with Gasteiger partial charge in [-0.1, -0.05) is 60.1 Å². The number of hydrogen-bond acceptors (Lipinski definition) is 3. The molecule has 27 heavy (non-hydrogen) atoms. The average Bonchev–Trinajstić information content (AvgIpc) is 2.71. The Morgan fingerprint density at radius 1 is 1.00 bits per heavy atom. The number of rotatable bonds is 8. The van der Waals surface area contributed by atoms with Crippen molar-refractivity contribution in [2.75, 3.05) is 11.9 Å². The highest BCUT2D eigenvalue weighted by atomic mass is 35.5. The van der Waals surface area contributed by atoms with E-state index in [0.717, 1.165) is 29.1 Å². The zero-order valence-electron chi connectivity index (χ0n) is 15.0. The number of hydrogen-bond donors (Lipinski definition) is 2. The summed E-state index contributed by atoms with van der Waals surface area (Å²) in [6, 6.07) is 21.5. The summed E-state index contributed by atoms with van der Waals surface area (Å²) in [7, 11) is 0. The van der Waals surface area contributed by atoms with E-state index in [1.807, 2.05) is 48.5 Å². The second kappa shape index (κ2) is 9.74. The minimum absolute atomic E-state index is 0.163. The van der Waals surface area contributed by atoms with Crippen LogP contribution < -0.4 is 10.6 Å². The molecule has 0 saturated carbocycles. The molecule has 1 aromatic heterocycles. The van der Waals surface area contributed by atoms with Crippen LogP contribution in [-0.2, 0) is 13.0 Å². The molecule has 3 rings (SSSR count). The Morgan fingerprint density at radius 3 is 2.59 bits per heavy atom. The van der Waals surface area contributed by atoms with E-state index < -0.39 is 0 Å². The molecule has 0 atom stereocenters. The van der Waals surface area contributed by atoms with Crippen molar-refractivity contribution in [3.8, 4) is 0 Å². The topological polar surface area (TPSA) is 54.0 Å². The number of halogens is 1. The Morgan fingerprint density at radius 2 is 1.78 bits per heavy atom. The number of pyridine rings is 1. The number of nitrogens with one attached hydrogen (secondary N) is 2. The van der Waals surface area contributed by atoms with E-state index in [4.69, 9.17) is 11.6 Å². The van der Waals surface area contributed by atoms with Gasteiger partial charge in [-0.05, 0) is 42.2 Å². The van der Waals surface area contributed by atoms with Gasteiger partial charge >= 0.3 is 0 Å². The molecule has 0 bridgehead atoms. The number of amides is 1. The van der Waals surface area contributed by atoms with E-state index in [0.29, 0.717) is 18.8 Å². The first-order valence-corrected chi connectivity index (χ1v) is 9.35. The van der Waals surface area contributed by atoms with Crippen LogP contribution in [0.25, 0.3) is 0 Å². The lowest BCUT2D eigenvalue weighted by molar-refractivity contribution is 0.0948. The van der Waals surface area contributed by atoms with Crippen LogP contribution in [0.15, 0.2) is 72.9 Å².